The van der Waals surface area contributed by atoms with Crippen LogP contribution >= 0.6 is 11.6 Å². The molecule has 1 atom stereocenters. The molecule has 358 valence electrons. The number of aliphatic carboxylic acids is 1. The summed E-state index contributed by atoms with van der Waals surface area (Å²) in [6, 6.07) is 6.55. The fourth-order valence-electron chi connectivity index (χ4n) is 9.58. The second-order valence-corrected chi connectivity index (χ2v) is 18.3. The number of carboxylic acid groups (broad SMARTS) is 1. The van der Waals surface area contributed by atoms with Gasteiger partial charge in [-0.3, -0.25) is 24.0 Å². The molecule has 0 aliphatic carbocycles. The highest BCUT2D eigenvalue weighted by atomic mass is 35.5. The van der Waals surface area contributed by atoms with Crippen molar-refractivity contribution in [3.63, 3.8) is 0 Å². The highest BCUT2D eigenvalue weighted by molar-refractivity contribution is 6.34. The Balaban J connectivity index is 0.823. The van der Waals surface area contributed by atoms with E-state index in [9.17, 15) is 47.0 Å². The molecule has 4 aliphatic heterocycles. The van der Waals surface area contributed by atoms with Gasteiger partial charge in [0.25, 0.3) is 17.7 Å². The van der Waals surface area contributed by atoms with Crippen LogP contribution in [-0.4, -0.2) is 162 Å². The lowest BCUT2D eigenvalue weighted by Crippen LogP contribution is -2.62. The summed E-state index contributed by atoms with van der Waals surface area (Å²) in [4.78, 5) is 91.8. The minimum atomic E-state index is -4.93. The van der Waals surface area contributed by atoms with Gasteiger partial charge in [0, 0.05) is 107 Å². The fourth-order valence-corrected chi connectivity index (χ4v) is 9.84. The van der Waals surface area contributed by atoms with Gasteiger partial charge in [-0.05, 0) is 30.7 Å². The molecule has 0 spiro atoms. The SMILES string of the molecule is Cn1c(-c2cn(-c3cc4[nH]c(C(=O)NC5CCNC5=O)cc4cn3)nc2C(F)(F)F)cnc1C(=O)Nc1ccc(C(=O)N2CCN(C(=O)C3CC[N+](CC(=O)O)(CC4CNC4)CC3)CC2)c(Cl)c1. The van der Waals surface area contributed by atoms with Crippen LogP contribution in [-0.2, 0) is 27.6 Å². The van der Waals surface area contributed by atoms with E-state index in [4.69, 9.17) is 11.6 Å². The summed E-state index contributed by atoms with van der Waals surface area (Å²) in [6.07, 6.45) is 0.314. The molecule has 4 saturated heterocycles. The Bertz CT molecular complexity index is 2820. The number of hydrogen-bond donors (Lipinski definition) is 6. The summed E-state index contributed by atoms with van der Waals surface area (Å²) in [6.45, 7) is 5.53. The number of likely N-dealkylation sites (tertiary alicyclic amines) is 1. The number of hydrogen-bond acceptors (Lipinski definition) is 10. The Morgan fingerprint density at radius 3 is 2.34 bits per heavy atom. The number of benzene rings is 1. The molecule has 1 aromatic carbocycles. The number of piperidine rings is 1. The normalized spacial score (nSPS) is 21.1. The zero-order valence-electron chi connectivity index (χ0n) is 36.7. The number of anilines is 1. The number of nitrogens with one attached hydrogen (secondary N) is 5. The van der Waals surface area contributed by atoms with Crippen molar-refractivity contribution in [2.45, 2.75) is 31.5 Å². The number of carbonyl (C=O) groups excluding carboxylic acids is 5. The summed E-state index contributed by atoms with van der Waals surface area (Å²) >= 11 is 6.58. The molecule has 5 aromatic rings. The highest BCUT2D eigenvalue weighted by Crippen LogP contribution is 2.37. The molecule has 6 N–H and O–H groups in total. The quantitative estimate of drug-likeness (QED) is 0.0994. The van der Waals surface area contributed by atoms with Gasteiger partial charge < -0.3 is 50.2 Å². The molecule has 0 radical (unpaired) electrons. The number of aromatic nitrogens is 6. The summed E-state index contributed by atoms with van der Waals surface area (Å²) in [5.41, 5.74) is -0.876. The summed E-state index contributed by atoms with van der Waals surface area (Å²) in [5.74, 6) is -2.80. The molecule has 5 amide bonds. The molecule has 1 unspecified atom stereocenters. The number of amides is 5. The Hall–Kier alpha value is -6.85. The largest absolute Gasteiger partial charge is 0.477 e. The molecule has 68 heavy (non-hydrogen) atoms. The van der Waals surface area contributed by atoms with Crippen LogP contribution in [0.25, 0.3) is 28.0 Å². The van der Waals surface area contributed by atoms with Crippen molar-refractivity contribution < 1.29 is 51.5 Å². The number of halogens is 4. The van der Waals surface area contributed by atoms with Crippen LogP contribution < -0.4 is 21.3 Å². The number of pyridine rings is 1. The summed E-state index contributed by atoms with van der Waals surface area (Å²) < 4.78 is 46.1. The minimum absolute atomic E-state index is 0.00996. The van der Waals surface area contributed by atoms with Gasteiger partial charge in [-0.2, -0.15) is 18.3 Å². The van der Waals surface area contributed by atoms with Gasteiger partial charge in [0.15, 0.2) is 23.9 Å². The Morgan fingerprint density at radius 2 is 1.69 bits per heavy atom. The predicted molar refractivity (Wildman–Crippen MR) is 238 cm³/mol. The van der Waals surface area contributed by atoms with Gasteiger partial charge in [-0.1, -0.05) is 11.6 Å². The molecule has 0 bridgehead atoms. The third kappa shape index (κ3) is 9.36. The number of rotatable bonds is 12. The number of quaternary nitrogens is 1. The van der Waals surface area contributed by atoms with Crippen molar-refractivity contribution in [1.29, 1.82) is 0 Å². The Morgan fingerprint density at radius 1 is 0.956 bits per heavy atom. The van der Waals surface area contributed by atoms with E-state index in [0.717, 1.165) is 36.7 Å². The van der Waals surface area contributed by atoms with Crippen molar-refractivity contribution >= 4 is 63.7 Å². The maximum atomic E-state index is 14.5. The van der Waals surface area contributed by atoms with Crippen LogP contribution in [0.5, 0.6) is 0 Å². The van der Waals surface area contributed by atoms with Crippen LogP contribution in [0.15, 0.2) is 48.9 Å². The fraction of sp³-hybridized carbons (Fsp3) is 0.432. The van der Waals surface area contributed by atoms with Gasteiger partial charge >= 0.3 is 12.1 Å². The number of carbonyl (C=O) groups is 6. The summed E-state index contributed by atoms with van der Waals surface area (Å²) in [5, 5.41) is 25.1. The van der Waals surface area contributed by atoms with Gasteiger partial charge in [0.2, 0.25) is 11.8 Å². The van der Waals surface area contributed by atoms with Gasteiger partial charge in [0.05, 0.1) is 53.2 Å². The van der Waals surface area contributed by atoms with Crippen LogP contribution in [0.3, 0.4) is 0 Å². The number of piperazine rings is 1. The molecular weight excluding hydrogens is 915 g/mol. The van der Waals surface area contributed by atoms with Crippen molar-refractivity contribution in [2.75, 3.05) is 77.3 Å². The van der Waals surface area contributed by atoms with Crippen molar-refractivity contribution in [3.8, 4) is 17.1 Å². The molecule has 4 aromatic heterocycles. The van der Waals surface area contributed by atoms with Crippen molar-refractivity contribution in [3.05, 3.63) is 76.7 Å². The zero-order valence-corrected chi connectivity index (χ0v) is 37.5. The smallest absolute Gasteiger partial charge is 0.435 e. The first-order valence-corrected chi connectivity index (χ1v) is 22.6. The van der Waals surface area contributed by atoms with E-state index in [1.54, 1.807) is 9.80 Å². The predicted octanol–water partition coefficient (Wildman–Crippen LogP) is 2.51. The van der Waals surface area contributed by atoms with Gasteiger partial charge in [-0.25, -0.2) is 19.4 Å². The Labute approximate surface area is 390 Å². The molecule has 8 heterocycles. The average molecular weight is 963 g/mol. The van der Waals surface area contributed by atoms with Crippen molar-refractivity contribution in [1.82, 2.24) is 55.0 Å². The van der Waals surface area contributed by atoms with E-state index in [0.29, 0.717) is 73.3 Å². The molecule has 4 aliphatic rings. The van der Waals surface area contributed by atoms with E-state index in [-0.39, 0.29) is 82.6 Å². The number of carboxylic acids is 1. The van der Waals surface area contributed by atoms with Crippen LogP contribution in [0, 0.1) is 11.8 Å². The first-order valence-electron chi connectivity index (χ1n) is 22.2. The van der Waals surface area contributed by atoms with Crippen LogP contribution in [0.1, 0.15) is 56.4 Å². The molecule has 20 nitrogen and oxygen atoms in total. The molecule has 24 heteroatoms. The minimum Gasteiger partial charge on any atom is -0.477 e. The average Bonchev–Trinajstić information content (AvgIpc) is 4.10. The number of imidazole rings is 1. The topological polar surface area (TPSA) is 242 Å². The van der Waals surface area contributed by atoms with Gasteiger partial charge in [-0.15, -0.1) is 0 Å². The molecular formula is C44H48ClF3N13O7+. The number of nitrogens with zero attached hydrogens (tertiary/aromatic N) is 8. The van der Waals surface area contributed by atoms with E-state index in [1.165, 1.54) is 48.1 Å². The van der Waals surface area contributed by atoms with Crippen LogP contribution in [0.4, 0.5) is 18.9 Å². The molecule has 9 rings (SSSR count). The first-order chi connectivity index (χ1) is 32.4. The van der Waals surface area contributed by atoms with E-state index in [2.05, 4.69) is 41.3 Å². The third-order valence-corrected chi connectivity index (χ3v) is 13.7. The molecule has 0 saturated carbocycles. The number of H-pyrrole nitrogens is 1. The van der Waals surface area contributed by atoms with E-state index < -0.39 is 41.3 Å². The first kappa shape index (κ1) is 46.3. The number of fused-ring (bicyclic) bond motifs is 1. The third-order valence-electron chi connectivity index (χ3n) is 13.3. The van der Waals surface area contributed by atoms with Crippen molar-refractivity contribution in [2.24, 2.45) is 18.9 Å². The Kier molecular flexibility index (Phi) is 12.5. The van der Waals surface area contributed by atoms with E-state index in [1.807, 2.05) is 0 Å². The summed E-state index contributed by atoms with van der Waals surface area (Å²) in [7, 11) is 1.37. The maximum Gasteiger partial charge on any atom is 0.435 e. The lowest BCUT2D eigenvalue weighted by molar-refractivity contribution is -0.929. The van der Waals surface area contributed by atoms with Crippen LogP contribution in [0.2, 0.25) is 5.02 Å². The maximum absolute atomic E-state index is 14.5. The van der Waals surface area contributed by atoms with E-state index >= 15 is 0 Å². The lowest BCUT2D eigenvalue weighted by Gasteiger charge is -2.46. The highest BCUT2D eigenvalue weighted by Gasteiger charge is 2.43. The zero-order chi connectivity index (χ0) is 48.1. The number of alkyl halides is 3. The van der Waals surface area contributed by atoms with Gasteiger partial charge in [0.1, 0.15) is 11.7 Å². The molecule has 4 fully saturated rings. The standard InChI is InChI=1S/C44H47ClF3N13O7/c1-57-34(29-21-60(56-37(29)44(46,47)48)35-16-32-26(19-51-35)14-33(54-32)40(65)55-31-4-7-50-39(31)64)20-52-38(57)41(66)53-27-2-3-28(30(45)15-27)43(68)59-10-8-58(9-11-59)42(67)25-5-12-61(13-6-25,23-36(62)63)22-24-17-49-18-24/h2-3,14-16,19-21,24-25,31,49H,4-13,17-18,22-23H2,1H3,(H4-,50,51,53,54,55,62,63,64,65,66,68)/p+1. The lowest BCUT2D eigenvalue weighted by atomic mass is 9.90. The second kappa shape index (κ2) is 18.3. The monoisotopic (exact) mass is 962 g/mol. The second-order valence-electron chi connectivity index (χ2n) is 17.9. The number of aromatic amines is 1.